The highest BCUT2D eigenvalue weighted by molar-refractivity contribution is 5.79. The van der Waals surface area contributed by atoms with Crippen LogP contribution in [-0.2, 0) is 11.3 Å². The van der Waals surface area contributed by atoms with E-state index in [0.29, 0.717) is 6.54 Å². The largest absolute Gasteiger partial charge is 0.356 e. The predicted molar refractivity (Wildman–Crippen MR) is 96.1 cm³/mol. The van der Waals surface area contributed by atoms with Crippen molar-refractivity contribution in [2.75, 3.05) is 18.0 Å². The minimum Gasteiger partial charge on any atom is -0.356 e. The molecule has 3 heterocycles. The molecule has 0 bridgehead atoms. The smallest absolute Gasteiger partial charge is 0.244 e. The summed E-state index contributed by atoms with van der Waals surface area (Å²) in [5.41, 5.74) is 1.06. The number of nitrogens with zero attached hydrogens (tertiary/aromatic N) is 5. The molecule has 1 atom stereocenters. The Hall–Kier alpha value is -2.44. The highest BCUT2D eigenvalue weighted by Crippen LogP contribution is 2.21. The molecule has 3 rings (SSSR count). The van der Waals surface area contributed by atoms with Gasteiger partial charge in [0.25, 0.3) is 0 Å². The molecule has 2 aromatic rings. The van der Waals surface area contributed by atoms with Gasteiger partial charge >= 0.3 is 0 Å². The summed E-state index contributed by atoms with van der Waals surface area (Å²) in [6, 6.07) is 3.58. The van der Waals surface area contributed by atoms with Gasteiger partial charge in [0.05, 0.1) is 0 Å². The van der Waals surface area contributed by atoms with Gasteiger partial charge in [-0.2, -0.15) is 5.10 Å². The van der Waals surface area contributed by atoms with Crippen LogP contribution in [0.4, 0.5) is 5.82 Å². The first kappa shape index (κ1) is 17.4. The Kier molecular flexibility index (Phi) is 5.98. The fourth-order valence-corrected chi connectivity index (χ4v) is 3.18. The number of anilines is 1. The van der Waals surface area contributed by atoms with Crippen molar-refractivity contribution in [2.24, 2.45) is 0 Å². The van der Waals surface area contributed by atoms with Crippen molar-refractivity contribution in [3.05, 3.63) is 36.5 Å². The number of nitrogens with one attached hydrogen (secondary N) is 1. The second-order valence-electron chi connectivity index (χ2n) is 6.51. The van der Waals surface area contributed by atoms with E-state index in [1.165, 1.54) is 38.4 Å². The van der Waals surface area contributed by atoms with Crippen LogP contribution in [0, 0.1) is 0 Å². The first-order chi connectivity index (χ1) is 12.3. The lowest BCUT2D eigenvalue weighted by Crippen LogP contribution is -2.33. The fraction of sp³-hybridized carbons (Fsp3) is 0.556. The molecule has 0 aromatic carbocycles. The van der Waals surface area contributed by atoms with Crippen molar-refractivity contribution in [3.63, 3.8) is 0 Å². The number of aromatic nitrogens is 4. The molecular weight excluding hydrogens is 316 g/mol. The van der Waals surface area contributed by atoms with Gasteiger partial charge in [0.1, 0.15) is 24.5 Å². The Morgan fingerprint density at radius 3 is 2.72 bits per heavy atom. The third-order valence-corrected chi connectivity index (χ3v) is 4.69. The first-order valence-corrected chi connectivity index (χ1v) is 9.06. The van der Waals surface area contributed by atoms with Crippen LogP contribution < -0.4 is 10.2 Å². The lowest BCUT2D eigenvalue weighted by Gasteiger charge is -2.27. The summed E-state index contributed by atoms with van der Waals surface area (Å²) < 4.78 is 1.55. The van der Waals surface area contributed by atoms with Gasteiger partial charge in [-0.05, 0) is 25.8 Å². The van der Waals surface area contributed by atoms with E-state index in [9.17, 15) is 4.79 Å². The minimum absolute atomic E-state index is 0.0760. The lowest BCUT2D eigenvalue weighted by atomic mass is 10.1. The summed E-state index contributed by atoms with van der Waals surface area (Å²) in [5, 5.41) is 7.03. The normalized spacial score (nSPS) is 16.8. The van der Waals surface area contributed by atoms with Crippen molar-refractivity contribution >= 4 is 11.7 Å². The Balaban J connectivity index is 1.65. The lowest BCUT2D eigenvalue weighted by molar-refractivity contribution is -0.124. The van der Waals surface area contributed by atoms with Crippen LogP contribution in [0.3, 0.4) is 0 Å². The third kappa shape index (κ3) is 4.55. The molecule has 2 aromatic heterocycles. The summed E-state index contributed by atoms with van der Waals surface area (Å²) in [6.07, 6.45) is 11.1. The molecule has 0 unspecified atom stereocenters. The molecule has 0 aliphatic carbocycles. The van der Waals surface area contributed by atoms with Gasteiger partial charge < -0.3 is 10.2 Å². The van der Waals surface area contributed by atoms with E-state index in [2.05, 4.69) is 25.3 Å². The molecule has 0 saturated carbocycles. The van der Waals surface area contributed by atoms with E-state index in [0.717, 1.165) is 24.5 Å². The number of carbonyl (C=O) groups is 1. The van der Waals surface area contributed by atoms with E-state index < -0.39 is 0 Å². The van der Waals surface area contributed by atoms with E-state index in [-0.39, 0.29) is 11.9 Å². The highest BCUT2D eigenvalue weighted by Gasteiger charge is 2.17. The SMILES string of the molecule is C[C@@H](C(=O)NCc1cccnc1N1CCCCCCC1)n1cncn1. The van der Waals surface area contributed by atoms with Crippen LogP contribution in [0.25, 0.3) is 0 Å². The van der Waals surface area contributed by atoms with Crippen molar-refractivity contribution < 1.29 is 4.79 Å². The maximum Gasteiger partial charge on any atom is 0.244 e. The molecule has 1 aliphatic rings. The van der Waals surface area contributed by atoms with Crippen LogP contribution in [0.5, 0.6) is 0 Å². The number of hydrogen-bond acceptors (Lipinski definition) is 5. The second kappa shape index (κ2) is 8.60. The molecule has 7 nitrogen and oxygen atoms in total. The Morgan fingerprint density at radius 2 is 2.00 bits per heavy atom. The maximum atomic E-state index is 12.4. The molecular formula is C18H26N6O. The van der Waals surface area contributed by atoms with E-state index in [1.54, 1.807) is 11.0 Å². The molecule has 0 radical (unpaired) electrons. The zero-order valence-corrected chi connectivity index (χ0v) is 14.8. The van der Waals surface area contributed by atoms with Gasteiger partial charge in [0.2, 0.25) is 5.91 Å². The minimum atomic E-state index is -0.385. The molecule has 0 spiro atoms. The van der Waals surface area contributed by atoms with Gasteiger partial charge in [0.15, 0.2) is 0 Å². The Morgan fingerprint density at radius 1 is 1.24 bits per heavy atom. The third-order valence-electron chi connectivity index (χ3n) is 4.69. The zero-order chi connectivity index (χ0) is 17.5. The number of amides is 1. The molecule has 1 amide bonds. The van der Waals surface area contributed by atoms with Gasteiger partial charge in [-0.1, -0.05) is 25.3 Å². The molecule has 1 N–H and O–H groups in total. The Bertz CT molecular complexity index is 664. The molecule has 25 heavy (non-hydrogen) atoms. The van der Waals surface area contributed by atoms with Gasteiger partial charge in [-0.3, -0.25) is 4.79 Å². The van der Waals surface area contributed by atoms with Gasteiger partial charge in [0, 0.05) is 31.4 Å². The van der Waals surface area contributed by atoms with Crippen molar-refractivity contribution in [1.82, 2.24) is 25.1 Å². The molecule has 1 fully saturated rings. The van der Waals surface area contributed by atoms with E-state index in [1.807, 2.05) is 25.3 Å². The van der Waals surface area contributed by atoms with Gasteiger partial charge in [-0.25, -0.2) is 14.6 Å². The quantitative estimate of drug-likeness (QED) is 0.902. The molecule has 7 heteroatoms. The highest BCUT2D eigenvalue weighted by atomic mass is 16.2. The average molecular weight is 342 g/mol. The van der Waals surface area contributed by atoms with E-state index >= 15 is 0 Å². The number of pyridine rings is 1. The van der Waals surface area contributed by atoms with Crippen molar-refractivity contribution in [1.29, 1.82) is 0 Å². The average Bonchev–Trinajstić information content (AvgIpc) is 3.14. The number of rotatable bonds is 5. The standard InChI is InChI=1S/C18H26N6O/c1-15(24-14-19-13-22-24)18(25)21-12-16-8-7-9-20-17(16)23-10-5-3-2-4-6-11-23/h7-9,13-15H,2-6,10-12H2,1H3,(H,21,25)/t15-/m0/s1. The molecule has 134 valence electrons. The van der Waals surface area contributed by atoms with Crippen LogP contribution in [-0.4, -0.2) is 38.7 Å². The molecule has 1 saturated heterocycles. The second-order valence-corrected chi connectivity index (χ2v) is 6.51. The summed E-state index contributed by atoms with van der Waals surface area (Å²) in [7, 11) is 0. The van der Waals surface area contributed by atoms with Crippen LogP contribution in [0.2, 0.25) is 0 Å². The van der Waals surface area contributed by atoms with Crippen LogP contribution in [0.1, 0.15) is 50.6 Å². The van der Waals surface area contributed by atoms with Crippen LogP contribution >= 0.6 is 0 Å². The topological polar surface area (TPSA) is 75.9 Å². The number of carbonyl (C=O) groups excluding carboxylic acids is 1. The van der Waals surface area contributed by atoms with Crippen LogP contribution in [0.15, 0.2) is 31.0 Å². The van der Waals surface area contributed by atoms with Gasteiger partial charge in [-0.15, -0.1) is 0 Å². The number of hydrogen-bond donors (Lipinski definition) is 1. The summed E-state index contributed by atoms with van der Waals surface area (Å²) in [5.74, 6) is 0.922. The molecule has 1 aliphatic heterocycles. The van der Waals surface area contributed by atoms with Crippen molar-refractivity contribution in [3.8, 4) is 0 Å². The maximum absolute atomic E-state index is 12.4. The fourth-order valence-electron chi connectivity index (χ4n) is 3.18. The monoisotopic (exact) mass is 342 g/mol. The Labute approximate surface area is 148 Å². The predicted octanol–water partition coefficient (Wildman–Crippen LogP) is 2.32. The summed E-state index contributed by atoms with van der Waals surface area (Å²) in [6.45, 7) is 4.35. The summed E-state index contributed by atoms with van der Waals surface area (Å²) >= 11 is 0. The first-order valence-electron chi connectivity index (χ1n) is 9.06. The zero-order valence-electron chi connectivity index (χ0n) is 14.8. The van der Waals surface area contributed by atoms with Crippen molar-refractivity contribution in [2.45, 2.75) is 51.6 Å². The summed E-state index contributed by atoms with van der Waals surface area (Å²) in [4.78, 5) is 23.2. The van der Waals surface area contributed by atoms with E-state index in [4.69, 9.17) is 0 Å².